The number of nitrogens with zero attached hydrogens (tertiary/aromatic N) is 1. The summed E-state index contributed by atoms with van der Waals surface area (Å²) in [6, 6.07) is 15.3. The van der Waals surface area contributed by atoms with Gasteiger partial charge in [-0.2, -0.15) is 0 Å². The lowest BCUT2D eigenvalue weighted by Gasteiger charge is -2.29. The van der Waals surface area contributed by atoms with E-state index in [1.165, 1.54) is 0 Å². The number of benzene rings is 2. The fourth-order valence-corrected chi connectivity index (χ4v) is 3.80. The fraction of sp³-hybridized carbons (Fsp3) is 0.440. The van der Waals surface area contributed by atoms with Crippen LogP contribution in [-0.2, 0) is 16.1 Å². The molecule has 2 aromatic carbocycles. The van der Waals surface area contributed by atoms with Crippen LogP contribution in [0, 0.1) is 13.8 Å². The Morgan fingerprint density at radius 3 is 2.43 bits per heavy atom. The van der Waals surface area contributed by atoms with Crippen molar-refractivity contribution >= 4 is 11.8 Å². The average Bonchev–Trinajstić information content (AvgIpc) is 3.24. The van der Waals surface area contributed by atoms with Crippen molar-refractivity contribution < 1.29 is 14.3 Å². The van der Waals surface area contributed by atoms with Crippen LogP contribution in [0.25, 0.3) is 0 Å². The second-order valence-electron chi connectivity index (χ2n) is 8.28. The van der Waals surface area contributed by atoms with E-state index in [-0.39, 0.29) is 24.5 Å². The molecule has 1 atom stereocenters. The van der Waals surface area contributed by atoms with E-state index >= 15 is 0 Å². The van der Waals surface area contributed by atoms with Gasteiger partial charge in [-0.1, -0.05) is 54.8 Å². The Bertz CT molecular complexity index is 857. The van der Waals surface area contributed by atoms with Crippen LogP contribution in [0.3, 0.4) is 0 Å². The summed E-state index contributed by atoms with van der Waals surface area (Å²) in [4.78, 5) is 27.6. The van der Waals surface area contributed by atoms with Gasteiger partial charge in [-0.25, -0.2) is 0 Å². The van der Waals surface area contributed by atoms with Gasteiger partial charge in [-0.3, -0.25) is 9.59 Å². The number of hydrogen-bond acceptors (Lipinski definition) is 3. The van der Waals surface area contributed by atoms with E-state index in [0.29, 0.717) is 12.3 Å². The third kappa shape index (κ3) is 6.09. The lowest BCUT2D eigenvalue weighted by molar-refractivity contribution is -0.142. The molecule has 0 saturated heterocycles. The molecule has 0 bridgehead atoms. The molecule has 0 spiro atoms. The highest BCUT2D eigenvalue weighted by molar-refractivity contribution is 5.88. The Morgan fingerprint density at radius 2 is 1.77 bits per heavy atom. The van der Waals surface area contributed by atoms with Crippen LogP contribution in [0.5, 0.6) is 5.75 Å². The first-order valence-electron chi connectivity index (χ1n) is 10.8. The molecule has 5 heteroatoms. The van der Waals surface area contributed by atoms with Gasteiger partial charge < -0.3 is 15.0 Å². The zero-order valence-corrected chi connectivity index (χ0v) is 18.2. The smallest absolute Gasteiger partial charge is 0.261 e. The molecule has 1 N–H and O–H groups in total. The predicted octanol–water partition coefficient (Wildman–Crippen LogP) is 4.16. The van der Waals surface area contributed by atoms with Gasteiger partial charge in [0.05, 0.1) is 0 Å². The molecule has 5 nitrogen and oxygen atoms in total. The largest absolute Gasteiger partial charge is 0.484 e. The molecular formula is C25H32N2O3. The molecule has 0 aromatic heterocycles. The third-order valence-corrected chi connectivity index (χ3v) is 5.69. The van der Waals surface area contributed by atoms with Crippen LogP contribution < -0.4 is 10.1 Å². The molecule has 160 valence electrons. The first-order chi connectivity index (χ1) is 14.4. The molecule has 0 unspecified atom stereocenters. The lowest BCUT2D eigenvalue weighted by Crippen LogP contribution is -2.50. The molecule has 2 amide bonds. The minimum atomic E-state index is -0.569. The SMILES string of the molecule is Cc1ccc(CN(C(=O)COc2cccc(C)c2)[C@@H](C)C(=O)NC2CCCC2)cc1. The van der Waals surface area contributed by atoms with Crippen LogP contribution >= 0.6 is 0 Å². The molecule has 0 heterocycles. The quantitative estimate of drug-likeness (QED) is 0.714. The van der Waals surface area contributed by atoms with Crippen LogP contribution in [0.4, 0.5) is 0 Å². The molecule has 0 aliphatic heterocycles. The molecule has 1 aliphatic rings. The highest BCUT2D eigenvalue weighted by Gasteiger charge is 2.28. The Labute approximate surface area is 179 Å². The van der Waals surface area contributed by atoms with Crippen molar-refractivity contribution in [3.8, 4) is 5.75 Å². The molecule has 1 aliphatic carbocycles. The van der Waals surface area contributed by atoms with Crippen molar-refractivity contribution in [3.05, 3.63) is 65.2 Å². The van der Waals surface area contributed by atoms with Gasteiger partial charge in [0.1, 0.15) is 11.8 Å². The van der Waals surface area contributed by atoms with Crippen LogP contribution in [-0.4, -0.2) is 35.4 Å². The second-order valence-corrected chi connectivity index (χ2v) is 8.28. The maximum atomic E-state index is 13.1. The van der Waals surface area contributed by atoms with Crippen LogP contribution in [0.15, 0.2) is 48.5 Å². The number of carbonyl (C=O) groups is 2. The Kier molecular flexibility index (Phi) is 7.50. The lowest BCUT2D eigenvalue weighted by atomic mass is 10.1. The van der Waals surface area contributed by atoms with Crippen LogP contribution in [0.2, 0.25) is 0 Å². The second kappa shape index (κ2) is 10.3. The highest BCUT2D eigenvalue weighted by atomic mass is 16.5. The fourth-order valence-electron chi connectivity index (χ4n) is 3.80. The zero-order valence-electron chi connectivity index (χ0n) is 18.2. The van der Waals surface area contributed by atoms with E-state index < -0.39 is 6.04 Å². The summed E-state index contributed by atoms with van der Waals surface area (Å²) in [5.41, 5.74) is 3.22. The van der Waals surface area contributed by atoms with Gasteiger partial charge in [0, 0.05) is 12.6 Å². The zero-order chi connectivity index (χ0) is 21.5. The third-order valence-electron chi connectivity index (χ3n) is 5.69. The Balaban J connectivity index is 1.70. The van der Waals surface area contributed by atoms with Crippen molar-refractivity contribution in [1.29, 1.82) is 0 Å². The number of rotatable bonds is 8. The molecule has 1 fully saturated rings. The maximum Gasteiger partial charge on any atom is 0.261 e. The minimum absolute atomic E-state index is 0.0992. The number of carbonyl (C=O) groups excluding carboxylic acids is 2. The van der Waals surface area contributed by atoms with Crippen molar-refractivity contribution in [2.24, 2.45) is 0 Å². The number of ether oxygens (including phenoxy) is 1. The maximum absolute atomic E-state index is 13.1. The van der Waals surface area contributed by atoms with E-state index in [9.17, 15) is 9.59 Å². The van der Waals surface area contributed by atoms with Crippen molar-refractivity contribution in [2.45, 2.75) is 65.1 Å². The van der Waals surface area contributed by atoms with E-state index in [1.807, 2.05) is 62.4 Å². The van der Waals surface area contributed by atoms with E-state index in [4.69, 9.17) is 4.74 Å². The Morgan fingerprint density at radius 1 is 1.07 bits per heavy atom. The average molecular weight is 409 g/mol. The topological polar surface area (TPSA) is 58.6 Å². The number of hydrogen-bond donors (Lipinski definition) is 1. The number of aryl methyl sites for hydroxylation is 2. The predicted molar refractivity (Wildman–Crippen MR) is 118 cm³/mol. The van der Waals surface area contributed by atoms with E-state index in [0.717, 1.165) is 42.4 Å². The first-order valence-corrected chi connectivity index (χ1v) is 10.8. The molecule has 3 rings (SSSR count). The summed E-state index contributed by atoms with van der Waals surface area (Å²) in [5.74, 6) is 0.353. The highest BCUT2D eigenvalue weighted by Crippen LogP contribution is 2.19. The molecular weight excluding hydrogens is 376 g/mol. The summed E-state index contributed by atoms with van der Waals surface area (Å²) in [7, 11) is 0. The van der Waals surface area contributed by atoms with Gasteiger partial charge >= 0.3 is 0 Å². The summed E-state index contributed by atoms with van der Waals surface area (Å²) < 4.78 is 5.73. The summed E-state index contributed by atoms with van der Waals surface area (Å²) in [5, 5.41) is 3.12. The van der Waals surface area contributed by atoms with E-state index in [1.54, 1.807) is 11.8 Å². The molecule has 1 saturated carbocycles. The van der Waals surface area contributed by atoms with Crippen molar-refractivity contribution in [2.75, 3.05) is 6.61 Å². The monoisotopic (exact) mass is 408 g/mol. The normalized spacial score (nSPS) is 14.9. The molecule has 0 radical (unpaired) electrons. The summed E-state index contributed by atoms with van der Waals surface area (Å²) in [6.45, 7) is 6.07. The van der Waals surface area contributed by atoms with Crippen molar-refractivity contribution in [1.82, 2.24) is 10.2 Å². The minimum Gasteiger partial charge on any atom is -0.484 e. The van der Waals surface area contributed by atoms with Crippen LogP contribution in [0.1, 0.15) is 49.3 Å². The number of nitrogens with one attached hydrogen (secondary N) is 1. The standard InChI is InChI=1S/C25H32N2O3/c1-18-11-13-21(14-12-18)16-27(20(3)25(29)26-22-8-4-5-9-22)24(28)17-30-23-10-6-7-19(2)15-23/h6-7,10-15,20,22H,4-5,8-9,16-17H2,1-3H3,(H,26,29)/t20-/m0/s1. The van der Waals surface area contributed by atoms with Gasteiger partial charge in [0.15, 0.2) is 6.61 Å². The van der Waals surface area contributed by atoms with Gasteiger partial charge in [-0.15, -0.1) is 0 Å². The summed E-state index contributed by atoms with van der Waals surface area (Å²) >= 11 is 0. The van der Waals surface area contributed by atoms with Gasteiger partial charge in [0.2, 0.25) is 5.91 Å². The van der Waals surface area contributed by atoms with Gasteiger partial charge in [0.25, 0.3) is 5.91 Å². The van der Waals surface area contributed by atoms with E-state index in [2.05, 4.69) is 5.32 Å². The number of amides is 2. The first kappa shape index (κ1) is 21.9. The molecule has 30 heavy (non-hydrogen) atoms. The Hall–Kier alpha value is -2.82. The van der Waals surface area contributed by atoms with Crippen molar-refractivity contribution in [3.63, 3.8) is 0 Å². The summed E-state index contributed by atoms with van der Waals surface area (Å²) in [6.07, 6.45) is 4.33. The molecule has 2 aromatic rings. The van der Waals surface area contributed by atoms with Gasteiger partial charge in [-0.05, 0) is 56.9 Å².